The lowest BCUT2D eigenvalue weighted by Crippen LogP contribution is -2.36. The summed E-state index contributed by atoms with van der Waals surface area (Å²) in [5.41, 5.74) is 0.713. The molecule has 9 heteroatoms. The number of ether oxygens (including phenoxy) is 1. The van der Waals surface area contributed by atoms with Crippen molar-refractivity contribution in [1.29, 1.82) is 0 Å². The maximum atomic E-state index is 11.7. The van der Waals surface area contributed by atoms with Gasteiger partial charge in [-0.15, -0.1) is 0 Å². The molecule has 0 aliphatic heterocycles. The average Bonchev–Trinajstić information content (AvgIpc) is 2.36. The minimum Gasteiger partial charge on any atom is -0.481 e. The highest BCUT2D eigenvalue weighted by Gasteiger charge is 2.16. The molecule has 0 aromatic heterocycles. The van der Waals surface area contributed by atoms with Crippen molar-refractivity contribution >= 4 is 28.0 Å². The van der Waals surface area contributed by atoms with Gasteiger partial charge in [0.05, 0.1) is 12.3 Å². The number of amides is 1. The number of carboxylic acid groups (broad SMARTS) is 1. The lowest BCUT2D eigenvalue weighted by molar-refractivity contribution is -0.136. The van der Waals surface area contributed by atoms with Crippen molar-refractivity contribution in [2.45, 2.75) is 19.8 Å². The standard InChI is InChI=1S/C12H16N2O6S/c1-2-20-12(17)14-21(18,19)13-10-6-4-3-5-9(10)7-8-11(15)16/h3-6,13H,2,7-8H2,1H3,(H,14,17)(H,15,16). The molecule has 0 saturated carbocycles. The molecule has 0 aliphatic carbocycles. The first-order chi connectivity index (χ1) is 9.84. The minimum atomic E-state index is -4.14. The Hall–Kier alpha value is -2.29. The summed E-state index contributed by atoms with van der Waals surface area (Å²) in [6.07, 6.45) is -1.06. The number of para-hydroxylation sites is 1. The second kappa shape index (κ2) is 7.48. The maximum absolute atomic E-state index is 11.7. The van der Waals surface area contributed by atoms with E-state index in [4.69, 9.17) is 5.11 Å². The van der Waals surface area contributed by atoms with Crippen molar-refractivity contribution in [2.75, 3.05) is 11.3 Å². The lowest BCUT2D eigenvalue weighted by atomic mass is 10.1. The quantitative estimate of drug-likeness (QED) is 0.692. The normalized spacial score (nSPS) is 10.7. The highest BCUT2D eigenvalue weighted by atomic mass is 32.2. The topological polar surface area (TPSA) is 122 Å². The molecule has 1 amide bonds. The molecule has 21 heavy (non-hydrogen) atoms. The van der Waals surface area contributed by atoms with Gasteiger partial charge in [-0.1, -0.05) is 18.2 Å². The van der Waals surface area contributed by atoms with Gasteiger partial charge in [0.25, 0.3) is 0 Å². The Morgan fingerprint density at radius 1 is 1.29 bits per heavy atom. The zero-order valence-electron chi connectivity index (χ0n) is 11.3. The van der Waals surface area contributed by atoms with Crippen LogP contribution in [0.1, 0.15) is 18.9 Å². The SMILES string of the molecule is CCOC(=O)NS(=O)(=O)Nc1ccccc1CCC(=O)O. The number of aliphatic carboxylic acids is 1. The molecule has 8 nitrogen and oxygen atoms in total. The van der Waals surface area contributed by atoms with Crippen LogP contribution in [0.25, 0.3) is 0 Å². The third-order valence-corrected chi connectivity index (χ3v) is 3.29. The summed E-state index contributed by atoms with van der Waals surface area (Å²) >= 11 is 0. The van der Waals surface area contributed by atoms with Crippen molar-refractivity contribution < 1.29 is 27.9 Å². The molecule has 0 atom stereocenters. The van der Waals surface area contributed by atoms with Gasteiger partial charge >= 0.3 is 22.3 Å². The van der Waals surface area contributed by atoms with E-state index in [-0.39, 0.29) is 25.1 Å². The molecular weight excluding hydrogens is 300 g/mol. The van der Waals surface area contributed by atoms with Crippen molar-refractivity contribution in [3.8, 4) is 0 Å². The molecule has 0 fully saturated rings. The van der Waals surface area contributed by atoms with E-state index in [2.05, 4.69) is 9.46 Å². The molecule has 116 valence electrons. The Bertz CT molecular complexity index is 614. The molecule has 0 bridgehead atoms. The number of hydrogen-bond donors (Lipinski definition) is 3. The Kier molecular flexibility index (Phi) is 5.97. The van der Waals surface area contributed by atoms with Crippen molar-refractivity contribution in [2.24, 2.45) is 0 Å². The Morgan fingerprint density at radius 2 is 1.95 bits per heavy atom. The van der Waals surface area contributed by atoms with Gasteiger partial charge in [-0.2, -0.15) is 8.42 Å². The van der Waals surface area contributed by atoms with Crippen LogP contribution >= 0.6 is 0 Å². The fraction of sp³-hybridized carbons (Fsp3) is 0.333. The number of aryl methyl sites for hydroxylation is 1. The predicted octanol–water partition coefficient (Wildman–Crippen LogP) is 1.11. The van der Waals surface area contributed by atoms with Gasteiger partial charge in [0, 0.05) is 6.42 Å². The molecule has 0 heterocycles. The molecular formula is C12H16N2O6S. The third-order valence-electron chi connectivity index (χ3n) is 2.36. The third kappa shape index (κ3) is 6.13. The number of carbonyl (C=O) groups is 2. The lowest BCUT2D eigenvalue weighted by Gasteiger charge is -2.12. The summed E-state index contributed by atoms with van der Waals surface area (Å²) in [4.78, 5) is 21.7. The molecule has 1 rings (SSSR count). The first-order valence-corrected chi connectivity index (χ1v) is 7.59. The van der Waals surface area contributed by atoms with Gasteiger partial charge in [-0.05, 0) is 25.0 Å². The average molecular weight is 316 g/mol. The van der Waals surface area contributed by atoms with Crippen molar-refractivity contribution in [3.05, 3.63) is 29.8 Å². The molecule has 3 N–H and O–H groups in total. The zero-order valence-corrected chi connectivity index (χ0v) is 12.1. The van der Waals surface area contributed by atoms with Crippen LogP contribution in [0.2, 0.25) is 0 Å². The number of nitrogens with one attached hydrogen (secondary N) is 2. The molecule has 1 aromatic rings. The van der Waals surface area contributed by atoms with Gasteiger partial charge in [0.2, 0.25) is 0 Å². The van der Waals surface area contributed by atoms with E-state index in [1.807, 2.05) is 0 Å². The number of carbonyl (C=O) groups excluding carboxylic acids is 1. The molecule has 1 aromatic carbocycles. The van der Waals surface area contributed by atoms with E-state index < -0.39 is 22.3 Å². The number of anilines is 1. The van der Waals surface area contributed by atoms with E-state index in [9.17, 15) is 18.0 Å². The Balaban J connectivity index is 2.81. The van der Waals surface area contributed by atoms with E-state index in [1.54, 1.807) is 29.8 Å². The smallest absolute Gasteiger partial charge is 0.422 e. The van der Waals surface area contributed by atoms with Crippen LogP contribution < -0.4 is 9.44 Å². The predicted molar refractivity (Wildman–Crippen MR) is 75.1 cm³/mol. The van der Waals surface area contributed by atoms with Gasteiger partial charge in [0.1, 0.15) is 0 Å². The highest BCUT2D eigenvalue weighted by molar-refractivity contribution is 7.91. The van der Waals surface area contributed by atoms with Crippen LogP contribution in [-0.2, 0) is 26.2 Å². The van der Waals surface area contributed by atoms with Crippen LogP contribution in [-0.4, -0.2) is 32.2 Å². The van der Waals surface area contributed by atoms with Crippen LogP contribution in [0.15, 0.2) is 24.3 Å². The fourth-order valence-corrected chi connectivity index (χ4v) is 2.34. The second-order valence-electron chi connectivity index (χ2n) is 3.98. The number of benzene rings is 1. The van der Waals surface area contributed by atoms with E-state index in [0.29, 0.717) is 5.56 Å². The Morgan fingerprint density at radius 3 is 2.57 bits per heavy atom. The largest absolute Gasteiger partial charge is 0.481 e. The summed E-state index contributed by atoms with van der Waals surface area (Å²) in [5, 5.41) is 8.66. The molecule has 0 radical (unpaired) electrons. The van der Waals surface area contributed by atoms with Gasteiger partial charge in [0.15, 0.2) is 0 Å². The summed E-state index contributed by atoms with van der Waals surface area (Å²) in [6.45, 7) is 1.58. The van der Waals surface area contributed by atoms with Crippen molar-refractivity contribution in [3.63, 3.8) is 0 Å². The van der Waals surface area contributed by atoms with Crippen molar-refractivity contribution in [1.82, 2.24) is 4.72 Å². The first kappa shape index (κ1) is 16.8. The summed E-state index contributed by atoms with van der Waals surface area (Å²) < 4.78 is 31.8. The number of carboxylic acids is 1. The molecule has 0 saturated heterocycles. The molecule has 0 unspecified atom stereocenters. The first-order valence-electron chi connectivity index (χ1n) is 6.11. The molecule has 0 aliphatic rings. The van der Waals surface area contributed by atoms with Gasteiger partial charge in [-0.25, -0.2) is 9.52 Å². The monoisotopic (exact) mass is 316 g/mol. The van der Waals surface area contributed by atoms with Gasteiger partial charge in [-0.3, -0.25) is 9.52 Å². The maximum Gasteiger partial charge on any atom is 0.422 e. The number of hydrogen-bond acceptors (Lipinski definition) is 5. The van der Waals surface area contributed by atoms with Crippen LogP contribution in [0.4, 0.5) is 10.5 Å². The number of rotatable bonds is 7. The van der Waals surface area contributed by atoms with E-state index >= 15 is 0 Å². The zero-order chi connectivity index (χ0) is 15.9. The molecule has 0 spiro atoms. The second-order valence-corrected chi connectivity index (χ2v) is 5.39. The minimum absolute atomic E-state index is 0.0382. The van der Waals surface area contributed by atoms with Crippen LogP contribution in [0.3, 0.4) is 0 Å². The van der Waals surface area contributed by atoms with Crippen LogP contribution in [0, 0.1) is 0 Å². The van der Waals surface area contributed by atoms with E-state index in [0.717, 1.165) is 0 Å². The Labute approximate surface area is 122 Å². The van der Waals surface area contributed by atoms with Crippen LogP contribution in [0.5, 0.6) is 0 Å². The highest BCUT2D eigenvalue weighted by Crippen LogP contribution is 2.17. The summed E-state index contributed by atoms with van der Waals surface area (Å²) in [5.74, 6) is -0.989. The summed E-state index contributed by atoms with van der Waals surface area (Å²) in [6, 6.07) is 6.33. The summed E-state index contributed by atoms with van der Waals surface area (Å²) in [7, 11) is -4.14. The fourth-order valence-electron chi connectivity index (χ4n) is 1.52. The van der Waals surface area contributed by atoms with Gasteiger partial charge < -0.3 is 9.84 Å². The van der Waals surface area contributed by atoms with E-state index in [1.165, 1.54) is 6.07 Å².